The molecule has 1 N–H and O–H groups in total. The number of hydrogen-bond donors (Lipinski definition) is 1. The highest BCUT2D eigenvalue weighted by Gasteiger charge is 2.28. The highest BCUT2D eigenvalue weighted by atomic mass is 32.2. The number of amides is 1. The fraction of sp³-hybridized carbons (Fsp3) is 0.381. The number of aryl methyl sites for hydroxylation is 1. The number of anilines is 1. The molecule has 6 nitrogen and oxygen atoms in total. The van der Waals surface area contributed by atoms with Gasteiger partial charge in [-0.15, -0.1) is 0 Å². The number of ether oxygens (including phenoxy) is 1. The predicted molar refractivity (Wildman–Crippen MR) is 109 cm³/mol. The minimum atomic E-state index is -3.62. The van der Waals surface area contributed by atoms with Gasteiger partial charge in [0.2, 0.25) is 15.9 Å². The number of hydrogen-bond acceptors (Lipinski definition) is 4. The third kappa shape index (κ3) is 4.79. The molecule has 1 heterocycles. The van der Waals surface area contributed by atoms with Crippen LogP contribution in [0.4, 0.5) is 5.69 Å². The van der Waals surface area contributed by atoms with Crippen LogP contribution in [-0.4, -0.2) is 44.9 Å². The molecule has 1 saturated heterocycles. The normalized spacial score (nSPS) is 16.5. The van der Waals surface area contributed by atoms with E-state index in [1.165, 1.54) is 4.31 Å². The van der Waals surface area contributed by atoms with Crippen molar-refractivity contribution in [3.63, 3.8) is 0 Å². The van der Waals surface area contributed by atoms with Crippen LogP contribution >= 0.6 is 0 Å². The van der Waals surface area contributed by atoms with Gasteiger partial charge >= 0.3 is 0 Å². The first-order valence-electron chi connectivity index (χ1n) is 9.41. The van der Waals surface area contributed by atoms with Gasteiger partial charge in [-0.1, -0.05) is 43.3 Å². The maximum Gasteiger partial charge on any atom is 0.243 e. The number of carbonyl (C=O) groups is 1. The maximum absolute atomic E-state index is 13.0. The molecule has 0 aliphatic carbocycles. The van der Waals surface area contributed by atoms with E-state index in [4.69, 9.17) is 4.74 Å². The zero-order chi connectivity index (χ0) is 20.1. The molecule has 2 aromatic rings. The van der Waals surface area contributed by atoms with Gasteiger partial charge in [-0.2, -0.15) is 4.31 Å². The average Bonchev–Trinajstić information content (AvgIpc) is 2.70. The third-order valence-corrected chi connectivity index (χ3v) is 6.96. The Morgan fingerprint density at radius 3 is 2.50 bits per heavy atom. The van der Waals surface area contributed by atoms with Crippen molar-refractivity contribution in [2.75, 3.05) is 31.6 Å². The number of nitrogens with zero attached hydrogens (tertiary/aromatic N) is 1. The van der Waals surface area contributed by atoms with E-state index in [1.54, 1.807) is 25.1 Å². The fourth-order valence-electron chi connectivity index (χ4n) is 3.27. The molecule has 3 rings (SSSR count). The average molecular weight is 403 g/mol. The van der Waals surface area contributed by atoms with E-state index < -0.39 is 10.0 Å². The summed E-state index contributed by atoms with van der Waals surface area (Å²) in [5, 5.41) is 2.84. The van der Waals surface area contributed by atoms with Crippen LogP contribution in [-0.2, 0) is 19.6 Å². The quantitative estimate of drug-likeness (QED) is 0.805. The lowest BCUT2D eigenvalue weighted by atomic mass is 9.97. The van der Waals surface area contributed by atoms with Crippen molar-refractivity contribution >= 4 is 21.6 Å². The van der Waals surface area contributed by atoms with Gasteiger partial charge in [0.15, 0.2) is 0 Å². The van der Waals surface area contributed by atoms with Crippen molar-refractivity contribution in [1.82, 2.24) is 4.31 Å². The van der Waals surface area contributed by atoms with Crippen molar-refractivity contribution in [2.24, 2.45) is 0 Å². The molecule has 0 radical (unpaired) electrons. The Hall–Kier alpha value is -2.22. The number of morpholine rings is 1. The van der Waals surface area contributed by atoms with Crippen LogP contribution in [0.1, 0.15) is 30.4 Å². The van der Waals surface area contributed by atoms with Gasteiger partial charge in [-0.25, -0.2) is 8.42 Å². The molecule has 0 saturated carbocycles. The lowest BCUT2D eigenvalue weighted by molar-refractivity contribution is -0.116. The van der Waals surface area contributed by atoms with Gasteiger partial charge in [0, 0.05) is 25.2 Å². The number of nitrogens with one attached hydrogen (secondary N) is 1. The fourth-order valence-corrected chi connectivity index (χ4v) is 4.93. The van der Waals surface area contributed by atoms with Crippen molar-refractivity contribution in [1.29, 1.82) is 0 Å². The summed E-state index contributed by atoms with van der Waals surface area (Å²) in [5.74, 6) is -0.0712. The first-order valence-corrected chi connectivity index (χ1v) is 10.9. The summed E-state index contributed by atoms with van der Waals surface area (Å²) in [4.78, 5) is 12.7. The number of rotatable bonds is 6. The van der Waals surface area contributed by atoms with Crippen LogP contribution < -0.4 is 5.32 Å². The monoisotopic (exact) mass is 402 g/mol. The Bertz CT molecular complexity index is 923. The second-order valence-electron chi connectivity index (χ2n) is 7.06. The Morgan fingerprint density at radius 1 is 1.14 bits per heavy atom. The first kappa shape index (κ1) is 20.5. The molecular weight excluding hydrogens is 376 g/mol. The summed E-state index contributed by atoms with van der Waals surface area (Å²) in [6.07, 6.45) is 0.323. The topological polar surface area (TPSA) is 75.7 Å². The molecule has 0 unspecified atom stereocenters. The van der Waals surface area contributed by atoms with Crippen LogP contribution in [0.25, 0.3) is 0 Å². The van der Waals surface area contributed by atoms with Crippen molar-refractivity contribution in [3.8, 4) is 0 Å². The molecule has 1 aliphatic rings. The Kier molecular flexibility index (Phi) is 6.49. The molecule has 1 fully saturated rings. The molecule has 1 aliphatic heterocycles. The zero-order valence-electron chi connectivity index (χ0n) is 16.2. The van der Waals surface area contributed by atoms with Gasteiger partial charge in [0.05, 0.1) is 18.1 Å². The highest BCUT2D eigenvalue weighted by molar-refractivity contribution is 7.89. The minimum absolute atomic E-state index is 0.0724. The van der Waals surface area contributed by atoms with Gasteiger partial charge in [0.25, 0.3) is 0 Å². The second kappa shape index (κ2) is 8.86. The summed E-state index contributed by atoms with van der Waals surface area (Å²) in [6, 6.07) is 14.8. The van der Waals surface area contributed by atoms with E-state index >= 15 is 0 Å². The van der Waals surface area contributed by atoms with Crippen molar-refractivity contribution in [3.05, 3.63) is 59.7 Å². The molecule has 1 amide bonds. The molecule has 7 heteroatoms. The Labute approximate surface area is 166 Å². The molecule has 0 aromatic heterocycles. The summed E-state index contributed by atoms with van der Waals surface area (Å²) in [5.41, 5.74) is 2.24. The summed E-state index contributed by atoms with van der Waals surface area (Å²) < 4.78 is 32.6. The predicted octanol–water partition coefficient (Wildman–Crippen LogP) is 3.15. The Balaban J connectivity index is 1.73. The molecule has 1 atom stereocenters. The van der Waals surface area contributed by atoms with E-state index in [1.807, 2.05) is 37.3 Å². The number of carbonyl (C=O) groups excluding carboxylic acids is 1. The SMILES string of the molecule is Cc1ccc(NC(=O)C[C@@H](C)c2ccccc2)cc1S(=O)(=O)N1CCOCC1. The van der Waals surface area contributed by atoms with E-state index in [-0.39, 0.29) is 16.7 Å². The summed E-state index contributed by atoms with van der Waals surface area (Å²) in [6.45, 7) is 5.23. The second-order valence-corrected chi connectivity index (χ2v) is 8.97. The smallest absolute Gasteiger partial charge is 0.243 e. The molecule has 28 heavy (non-hydrogen) atoms. The van der Waals surface area contributed by atoms with Crippen LogP contribution in [0, 0.1) is 6.92 Å². The number of benzene rings is 2. The van der Waals surface area contributed by atoms with Crippen LogP contribution in [0.3, 0.4) is 0 Å². The standard InChI is InChI=1S/C21H26N2O4S/c1-16-8-9-19(15-20(16)28(25,26)23-10-12-27-13-11-23)22-21(24)14-17(2)18-6-4-3-5-7-18/h3-9,15,17H,10-14H2,1-2H3,(H,22,24)/t17-/m1/s1. The maximum atomic E-state index is 13.0. The van der Waals surface area contributed by atoms with Crippen LogP contribution in [0.15, 0.2) is 53.4 Å². The minimum Gasteiger partial charge on any atom is -0.379 e. The van der Waals surface area contributed by atoms with Crippen molar-refractivity contribution < 1.29 is 17.9 Å². The highest BCUT2D eigenvalue weighted by Crippen LogP contribution is 2.25. The largest absolute Gasteiger partial charge is 0.379 e. The van der Waals surface area contributed by atoms with Gasteiger partial charge < -0.3 is 10.1 Å². The summed E-state index contributed by atoms with van der Waals surface area (Å²) in [7, 11) is -3.62. The molecule has 150 valence electrons. The van der Waals surface area contributed by atoms with Gasteiger partial charge in [0.1, 0.15) is 0 Å². The molecule has 2 aromatic carbocycles. The van der Waals surface area contributed by atoms with E-state index in [0.29, 0.717) is 44.0 Å². The first-order chi connectivity index (χ1) is 13.4. The Morgan fingerprint density at radius 2 is 1.82 bits per heavy atom. The van der Waals surface area contributed by atoms with E-state index in [0.717, 1.165) is 5.56 Å². The third-order valence-electron chi connectivity index (χ3n) is 4.92. The summed E-state index contributed by atoms with van der Waals surface area (Å²) >= 11 is 0. The molecule has 0 bridgehead atoms. The lowest BCUT2D eigenvalue weighted by Gasteiger charge is -2.27. The number of sulfonamides is 1. The van der Waals surface area contributed by atoms with E-state index in [2.05, 4.69) is 5.32 Å². The molecular formula is C21H26N2O4S. The van der Waals surface area contributed by atoms with E-state index in [9.17, 15) is 13.2 Å². The zero-order valence-corrected chi connectivity index (χ0v) is 17.0. The van der Waals surface area contributed by atoms with Crippen LogP contribution in [0.2, 0.25) is 0 Å². The van der Waals surface area contributed by atoms with Crippen molar-refractivity contribution in [2.45, 2.75) is 31.1 Å². The van der Waals surface area contributed by atoms with Gasteiger partial charge in [-0.3, -0.25) is 4.79 Å². The molecule has 0 spiro atoms. The van der Waals surface area contributed by atoms with Gasteiger partial charge in [-0.05, 0) is 36.1 Å². The lowest BCUT2D eigenvalue weighted by Crippen LogP contribution is -2.40. The van der Waals surface area contributed by atoms with Crippen LogP contribution in [0.5, 0.6) is 0 Å².